The first-order valence-electron chi connectivity index (χ1n) is 24.5. The van der Waals surface area contributed by atoms with Gasteiger partial charge in [0.15, 0.2) is 0 Å². The van der Waals surface area contributed by atoms with E-state index >= 15 is 0 Å². The first-order chi connectivity index (χ1) is 28.4. The van der Waals surface area contributed by atoms with E-state index in [2.05, 4.69) is 44.3 Å². The van der Waals surface area contributed by atoms with Crippen LogP contribution in [-0.4, -0.2) is 82.5 Å². The van der Waals surface area contributed by atoms with Crippen LogP contribution >= 0.6 is 0 Å². The first-order valence-corrected chi connectivity index (χ1v) is 24.5. The molecule has 6 aliphatic heterocycles. The maximum absolute atomic E-state index is 13.4. The largest absolute Gasteiger partial charge is 1.00 e. The predicted molar refractivity (Wildman–Crippen MR) is 234 cm³/mol. The lowest BCUT2D eigenvalue weighted by molar-refractivity contribution is -0.581. The molecular formula is C48H82Cl2N6O4. The summed E-state index contributed by atoms with van der Waals surface area (Å²) < 4.78 is 16.6. The lowest BCUT2D eigenvalue weighted by Gasteiger charge is -2.33. The molecule has 60 heavy (non-hydrogen) atoms. The Morgan fingerprint density at radius 2 is 0.867 bits per heavy atom. The zero-order valence-electron chi connectivity index (χ0n) is 38.0. The number of nitrogens with one attached hydrogen (secondary N) is 4. The second-order valence-electron chi connectivity index (χ2n) is 18.7. The van der Waals surface area contributed by atoms with Gasteiger partial charge in [-0.1, -0.05) is 129 Å². The maximum Gasteiger partial charge on any atom is 0.351 e. The molecule has 0 spiro atoms. The minimum absolute atomic E-state index is 0. The van der Waals surface area contributed by atoms with Crippen LogP contribution in [-0.2, 0) is 19.1 Å². The molecule has 342 valence electrons. The Morgan fingerprint density at radius 1 is 0.517 bits per heavy atom. The van der Waals surface area contributed by atoms with Crippen LogP contribution in [0.1, 0.15) is 207 Å². The SMILES string of the molecule is CCCCCCCCC[C@H]1C[C@H]2CC[C@H]3C(C(=O)OCCCCCCCCOC(=O)C4=C(C)NC5=[N+]6[C@H](CC[C@@H]46)C[C@H](CCCCCCCCC)N5)=C(C)NC(=[N+]23)N1.[Cl-].[Cl-]. The normalized spacial score (nSPS) is 25.0. The number of nitrogens with zero attached hydrogens (tertiary/aromatic N) is 2. The highest BCUT2D eigenvalue weighted by atomic mass is 35.5. The molecule has 0 aromatic carbocycles. The monoisotopic (exact) mass is 877 g/mol. The fraction of sp³-hybridized carbons (Fsp3) is 0.833. The lowest BCUT2D eigenvalue weighted by Crippen LogP contribution is -3.00. The molecule has 0 aromatic heterocycles. The third-order valence-electron chi connectivity index (χ3n) is 14.2. The molecule has 0 unspecified atom stereocenters. The van der Waals surface area contributed by atoms with E-state index in [9.17, 15) is 9.59 Å². The van der Waals surface area contributed by atoms with Crippen LogP contribution in [0.5, 0.6) is 0 Å². The van der Waals surface area contributed by atoms with Crippen molar-refractivity contribution in [3.63, 3.8) is 0 Å². The Morgan fingerprint density at radius 3 is 1.25 bits per heavy atom. The fourth-order valence-corrected chi connectivity index (χ4v) is 11.0. The summed E-state index contributed by atoms with van der Waals surface area (Å²) in [5, 5.41) is 14.7. The Kier molecular flexibility index (Phi) is 21.9. The lowest BCUT2D eigenvalue weighted by atomic mass is 9.97. The summed E-state index contributed by atoms with van der Waals surface area (Å²) in [6.07, 6.45) is 33.9. The van der Waals surface area contributed by atoms with E-state index in [-0.39, 0.29) is 48.8 Å². The molecule has 12 heteroatoms. The summed E-state index contributed by atoms with van der Waals surface area (Å²) in [7, 11) is 0. The summed E-state index contributed by atoms with van der Waals surface area (Å²) in [6.45, 7) is 9.56. The van der Waals surface area contributed by atoms with Gasteiger partial charge < -0.3 is 34.3 Å². The molecule has 2 fully saturated rings. The zero-order chi connectivity index (χ0) is 40.7. The number of carbonyl (C=O) groups excluding carboxylic acids is 2. The van der Waals surface area contributed by atoms with Crippen LogP contribution in [0, 0.1) is 0 Å². The predicted octanol–water partition coefficient (Wildman–Crippen LogP) is 2.98. The second kappa shape index (κ2) is 26.2. The van der Waals surface area contributed by atoms with Gasteiger partial charge in [-0.2, -0.15) is 0 Å². The molecule has 6 heterocycles. The number of hydrogen-bond acceptors (Lipinski definition) is 8. The average Bonchev–Trinajstić information content (AvgIpc) is 3.83. The van der Waals surface area contributed by atoms with E-state index in [0.717, 1.165) is 112 Å². The van der Waals surface area contributed by atoms with Crippen LogP contribution < -0.4 is 46.1 Å². The molecule has 10 nitrogen and oxygen atoms in total. The number of halogens is 2. The second-order valence-corrected chi connectivity index (χ2v) is 18.7. The highest BCUT2D eigenvalue weighted by molar-refractivity contribution is 5.94. The molecule has 0 bridgehead atoms. The average molecular weight is 878 g/mol. The summed E-state index contributed by atoms with van der Waals surface area (Å²) in [4.78, 5) is 26.7. The zero-order valence-corrected chi connectivity index (χ0v) is 39.5. The van der Waals surface area contributed by atoms with Gasteiger partial charge in [0.25, 0.3) is 0 Å². The smallest absolute Gasteiger partial charge is 0.351 e. The molecule has 4 N–H and O–H groups in total. The van der Waals surface area contributed by atoms with Crippen LogP contribution in [0.2, 0.25) is 0 Å². The van der Waals surface area contributed by atoms with Crippen molar-refractivity contribution < 1.29 is 53.0 Å². The molecule has 6 rings (SSSR count). The molecule has 0 radical (unpaired) electrons. The van der Waals surface area contributed by atoms with Crippen LogP contribution in [0.25, 0.3) is 0 Å². The highest BCUT2D eigenvalue weighted by Crippen LogP contribution is 2.36. The number of esters is 2. The van der Waals surface area contributed by atoms with E-state index in [0.29, 0.717) is 37.4 Å². The van der Waals surface area contributed by atoms with E-state index in [1.165, 1.54) is 103 Å². The number of unbranched alkanes of at least 4 members (excludes halogenated alkanes) is 17. The topological polar surface area (TPSA) is 107 Å². The quantitative estimate of drug-likeness (QED) is 0.0568. The van der Waals surface area contributed by atoms with Gasteiger partial charge in [0.2, 0.25) is 0 Å². The van der Waals surface area contributed by atoms with Crippen molar-refractivity contribution >= 4 is 23.9 Å². The molecule has 6 atom stereocenters. The van der Waals surface area contributed by atoms with E-state index in [1.54, 1.807) is 0 Å². The number of carbonyl (C=O) groups is 2. The van der Waals surface area contributed by atoms with Gasteiger partial charge in [-0.15, -0.1) is 0 Å². The van der Waals surface area contributed by atoms with Crippen molar-refractivity contribution in [3.8, 4) is 0 Å². The minimum atomic E-state index is -0.151. The summed E-state index contributed by atoms with van der Waals surface area (Å²) in [5.74, 6) is 1.91. The molecule has 0 aliphatic carbocycles. The number of ether oxygens (including phenoxy) is 2. The van der Waals surface area contributed by atoms with Gasteiger partial charge >= 0.3 is 23.9 Å². The number of allylic oxidation sites excluding steroid dienone is 2. The Bertz CT molecular complexity index is 1400. The molecule has 0 amide bonds. The van der Waals surface area contributed by atoms with Crippen LogP contribution in [0.15, 0.2) is 22.5 Å². The standard InChI is InChI=1S/C48H80N6O4.2ClH/c1-5-7-9-11-13-17-21-25-37-33-39-27-29-41-43(35(3)49-47(51-37)53(39)41)45(55)57-31-23-19-15-16-20-24-32-58-46(56)44-36(4)50-48-52-38(26-22-18-14-12-10-8-6-2)34-40-28-30-42(44)54(40)48;;/h37-42H,5-34H2,1-4H3,(H2,49,50,51,52,55,56);2*1H/t37-,38-,39+,40+,41-,42-;;/m0../s1. The summed E-state index contributed by atoms with van der Waals surface area (Å²) >= 11 is 0. The third kappa shape index (κ3) is 13.5. The molecular weight excluding hydrogens is 795 g/mol. The summed E-state index contributed by atoms with van der Waals surface area (Å²) in [6, 6.07) is 2.27. The Hall–Kier alpha value is -2.46. The van der Waals surface area contributed by atoms with Crippen molar-refractivity contribution in [2.24, 2.45) is 0 Å². The van der Waals surface area contributed by atoms with Gasteiger partial charge in [0, 0.05) is 12.8 Å². The van der Waals surface area contributed by atoms with Crippen molar-refractivity contribution in [1.29, 1.82) is 0 Å². The van der Waals surface area contributed by atoms with E-state index in [1.807, 2.05) is 13.8 Å². The van der Waals surface area contributed by atoms with Gasteiger partial charge in [0.05, 0.1) is 48.8 Å². The van der Waals surface area contributed by atoms with Crippen molar-refractivity contribution in [2.75, 3.05) is 13.2 Å². The van der Waals surface area contributed by atoms with Gasteiger partial charge in [0.1, 0.15) is 23.2 Å². The van der Waals surface area contributed by atoms with E-state index < -0.39 is 0 Å². The number of guanidine groups is 2. The fourth-order valence-electron chi connectivity index (χ4n) is 11.0. The number of hydrogen-bond donors (Lipinski definition) is 4. The minimum Gasteiger partial charge on any atom is -1.00 e. The van der Waals surface area contributed by atoms with Crippen molar-refractivity contribution in [2.45, 2.75) is 244 Å². The summed E-state index contributed by atoms with van der Waals surface area (Å²) in [5.41, 5.74) is 3.54. The molecule has 2 saturated heterocycles. The molecule has 0 aromatic rings. The third-order valence-corrected chi connectivity index (χ3v) is 14.2. The van der Waals surface area contributed by atoms with Crippen molar-refractivity contribution in [3.05, 3.63) is 22.5 Å². The first kappa shape index (κ1) is 50.2. The highest BCUT2D eigenvalue weighted by Gasteiger charge is 2.49. The molecule has 0 saturated carbocycles. The van der Waals surface area contributed by atoms with Gasteiger partial charge in [-0.05, 0) is 65.2 Å². The van der Waals surface area contributed by atoms with Crippen LogP contribution in [0.3, 0.4) is 0 Å². The Labute approximate surface area is 376 Å². The van der Waals surface area contributed by atoms with E-state index in [4.69, 9.17) is 9.47 Å². The number of rotatable bonds is 27. The maximum atomic E-state index is 13.4. The van der Waals surface area contributed by atoms with Gasteiger partial charge in [-0.3, -0.25) is 19.8 Å². The van der Waals surface area contributed by atoms with Gasteiger partial charge in [-0.25, -0.2) is 20.2 Å². The van der Waals surface area contributed by atoms with Crippen LogP contribution in [0.4, 0.5) is 0 Å². The van der Waals surface area contributed by atoms with Crippen molar-refractivity contribution in [1.82, 2.24) is 21.3 Å². The Balaban J connectivity index is 0.00000397. The molecule has 6 aliphatic rings.